The summed E-state index contributed by atoms with van der Waals surface area (Å²) in [6.07, 6.45) is 2.86. The highest BCUT2D eigenvalue weighted by Crippen LogP contribution is 2.72. The van der Waals surface area contributed by atoms with Gasteiger partial charge in [-0.25, -0.2) is 9.97 Å². The molecule has 240 valence electrons. The van der Waals surface area contributed by atoms with Crippen LogP contribution in [0.2, 0.25) is 0 Å². The molecular formula is C33H45F5N2O2S. The Morgan fingerprint density at radius 3 is 2.28 bits per heavy atom. The van der Waals surface area contributed by atoms with Gasteiger partial charge in [0.25, 0.3) is 0 Å². The lowest BCUT2D eigenvalue weighted by molar-refractivity contribution is -0.364. The van der Waals surface area contributed by atoms with Crippen molar-refractivity contribution in [1.82, 2.24) is 9.97 Å². The van der Waals surface area contributed by atoms with Crippen molar-refractivity contribution in [3.8, 4) is 0 Å². The third-order valence-electron chi connectivity index (χ3n) is 11.8. The molecule has 0 bridgehead atoms. The zero-order chi connectivity index (χ0) is 31.4. The van der Waals surface area contributed by atoms with Crippen LogP contribution in [-0.4, -0.2) is 44.3 Å². The van der Waals surface area contributed by atoms with Crippen molar-refractivity contribution >= 4 is 17.5 Å². The molecule has 1 aromatic rings. The van der Waals surface area contributed by atoms with E-state index in [-0.39, 0.29) is 41.8 Å². The van der Waals surface area contributed by atoms with E-state index >= 15 is 8.78 Å². The summed E-state index contributed by atoms with van der Waals surface area (Å²) in [5.41, 5.74) is -1.85. The van der Waals surface area contributed by atoms with E-state index in [0.717, 1.165) is 60.0 Å². The van der Waals surface area contributed by atoms with Gasteiger partial charge in [0, 0.05) is 29.0 Å². The number of carbonyl (C=O) groups excluding carboxylic acids is 1. The summed E-state index contributed by atoms with van der Waals surface area (Å²) in [6.45, 7) is 7.58. The highest BCUT2D eigenvalue weighted by atomic mass is 32.2. The smallest absolute Gasteiger partial charge is 0.383 e. The average molecular weight is 629 g/mol. The molecule has 0 saturated heterocycles. The number of allylic oxidation sites excluding steroid dienone is 1. The predicted octanol–water partition coefficient (Wildman–Crippen LogP) is 8.82. The molecule has 0 spiro atoms. The molecule has 0 aromatic carbocycles. The Morgan fingerprint density at radius 1 is 0.953 bits per heavy atom. The molecule has 1 heterocycles. The van der Waals surface area contributed by atoms with Crippen molar-refractivity contribution in [3.05, 3.63) is 29.1 Å². The van der Waals surface area contributed by atoms with E-state index in [9.17, 15) is 23.1 Å². The molecule has 0 aliphatic heterocycles. The van der Waals surface area contributed by atoms with Gasteiger partial charge in [-0.15, -0.1) is 0 Å². The lowest BCUT2D eigenvalue weighted by atomic mass is 9.43. The summed E-state index contributed by atoms with van der Waals surface area (Å²) in [5.74, 6) is -4.40. The second-order valence-corrected chi connectivity index (χ2v) is 15.3. The van der Waals surface area contributed by atoms with Crippen LogP contribution in [0.4, 0.5) is 22.0 Å². The lowest BCUT2D eigenvalue weighted by Gasteiger charge is -2.62. The molecule has 3 saturated carbocycles. The quantitative estimate of drug-likeness (QED) is 0.128. The minimum absolute atomic E-state index is 0.0515. The zero-order valence-corrected chi connectivity index (χ0v) is 26.5. The molecule has 0 radical (unpaired) electrons. The topological polar surface area (TPSA) is 63.1 Å². The van der Waals surface area contributed by atoms with Crippen LogP contribution >= 0.6 is 11.8 Å². The normalized spacial score (nSPS) is 36.1. The molecule has 4 aliphatic rings. The fraction of sp³-hybridized carbons (Fsp3) is 0.788. The average Bonchev–Trinajstić information content (AvgIpc) is 3.19. The largest absolute Gasteiger partial charge is 0.456 e. The van der Waals surface area contributed by atoms with E-state index in [1.165, 1.54) is 6.92 Å². The van der Waals surface area contributed by atoms with Crippen LogP contribution in [0.1, 0.15) is 102 Å². The Morgan fingerprint density at radius 2 is 1.60 bits per heavy atom. The summed E-state index contributed by atoms with van der Waals surface area (Å²) < 4.78 is 71.0. The van der Waals surface area contributed by atoms with Gasteiger partial charge in [-0.2, -0.15) is 22.0 Å². The van der Waals surface area contributed by atoms with Crippen molar-refractivity contribution in [2.24, 2.45) is 34.5 Å². The van der Waals surface area contributed by atoms with E-state index in [1.54, 1.807) is 17.8 Å². The fourth-order valence-electron chi connectivity index (χ4n) is 9.55. The molecule has 4 aliphatic carbocycles. The summed E-state index contributed by atoms with van der Waals surface area (Å²) in [5, 5.41) is 12.1. The van der Waals surface area contributed by atoms with Gasteiger partial charge in [0.1, 0.15) is 5.60 Å². The maximum atomic E-state index is 15.0. The van der Waals surface area contributed by atoms with Crippen molar-refractivity contribution in [2.75, 3.05) is 5.75 Å². The second kappa shape index (κ2) is 11.7. The van der Waals surface area contributed by atoms with Crippen molar-refractivity contribution in [2.45, 2.75) is 128 Å². The molecule has 4 nitrogen and oxygen atoms in total. The predicted molar refractivity (Wildman–Crippen MR) is 157 cm³/mol. The summed E-state index contributed by atoms with van der Waals surface area (Å²) >= 11 is 1.65. The van der Waals surface area contributed by atoms with E-state index in [1.807, 2.05) is 19.9 Å². The number of hydrogen-bond acceptors (Lipinski definition) is 5. The molecule has 0 unspecified atom stereocenters. The van der Waals surface area contributed by atoms with Crippen LogP contribution in [0.15, 0.2) is 22.9 Å². The van der Waals surface area contributed by atoms with Crippen LogP contribution < -0.4 is 0 Å². The number of rotatable bonds is 9. The SMILES string of the molecule is Cc1cc(C)nc(SCCCCCC[C@@H]2CC3=CC(=O)CC[C@]3(C)[C@H]3CC[C@@]4(C)[C@@H](CC[C@@]4(O)C(F)(F)C(F)(F)F)[C@H]23)n1. The minimum Gasteiger partial charge on any atom is -0.383 e. The highest BCUT2D eigenvalue weighted by molar-refractivity contribution is 7.99. The third kappa shape index (κ3) is 5.59. The van der Waals surface area contributed by atoms with Crippen LogP contribution in [0, 0.1) is 48.3 Å². The Kier molecular flexibility index (Phi) is 8.91. The maximum absolute atomic E-state index is 15.0. The second-order valence-electron chi connectivity index (χ2n) is 14.2. The van der Waals surface area contributed by atoms with E-state index in [2.05, 4.69) is 16.9 Å². The van der Waals surface area contributed by atoms with E-state index < -0.39 is 35.5 Å². The molecular weight excluding hydrogens is 583 g/mol. The minimum atomic E-state index is -5.81. The number of unbranched alkanes of at least 4 members (excludes halogenated alkanes) is 3. The summed E-state index contributed by atoms with van der Waals surface area (Å²) in [7, 11) is 0. The number of aromatic nitrogens is 2. The van der Waals surface area contributed by atoms with Gasteiger partial charge in [0.05, 0.1) is 0 Å². The molecule has 1 aromatic heterocycles. The van der Waals surface area contributed by atoms with Gasteiger partial charge < -0.3 is 5.11 Å². The first-order valence-electron chi connectivity index (χ1n) is 15.9. The fourth-order valence-corrected chi connectivity index (χ4v) is 10.5. The van der Waals surface area contributed by atoms with Crippen molar-refractivity contribution in [1.29, 1.82) is 0 Å². The van der Waals surface area contributed by atoms with Crippen LogP contribution in [0.25, 0.3) is 0 Å². The van der Waals surface area contributed by atoms with Gasteiger partial charge in [-0.1, -0.05) is 50.4 Å². The molecule has 1 N–H and O–H groups in total. The number of hydrogen-bond donors (Lipinski definition) is 1. The number of aliphatic hydroxyl groups is 1. The number of halogens is 5. The van der Waals surface area contributed by atoms with Crippen LogP contribution in [-0.2, 0) is 4.79 Å². The van der Waals surface area contributed by atoms with Crippen LogP contribution in [0.5, 0.6) is 0 Å². The third-order valence-corrected chi connectivity index (χ3v) is 12.8. The Bertz CT molecular complexity index is 1230. The first-order valence-corrected chi connectivity index (χ1v) is 16.9. The number of thioether (sulfide) groups is 1. The number of carbonyl (C=O) groups is 1. The van der Waals surface area contributed by atoms with Crippen LogP contribution in [0.3, 0.4) is 0 Å². The van der Waals surface area contributed by atoms with Crippen molar-refractivity contribution in [3.63, 3.8) is 0 Å². The molecule has 7 atom stereocenters. The first kappa shape index (κ1) is 32.8. The van der Waals surface area contributed by atoms with Gasteiger partial charge in [0.2, 0.25) is 0 Å². The Hall–Kier alpha value is -1.55. The molecule has 5 rings (SSSR count). The Labute approximate surface area is 256 Å². The van der Waals surface area contributed by atoms with E-state index in [0.29, 0.717) is 25.7 Å². The number of fused-ring (bicyclic) bond motifs is 5. The molecule has 10 heteroatoms. The van der Waals surface area contributed by atoms with Crippen molar-refractivity contribution < 1.29 is 31.9 Å². The number of aryl methyl sites for hydroxylation is 2. The number of ketones is 1. The number of nitrogens with zero attached hydrogens (tertiary/aromatic N) is 2. The Balaban J connectivity index is 1.29. The maximum Gasteiger partial charge on any atom is 0.456 e. The highest BCUT2D eigenvalue weighted by Gasteiger charge is 2.79. The summed E-state index contributed by atoms with van der Waals surface area (Å²) in [6, 6.07) is 1.95. The van der Waals surface area contributed by atoms with Gasteiger partial charge in [0.15, 0.2) is 10.9 Å². The molecule has 43 heavy (non-hydrogen) atoms. The zero-order valence-electron chi connectivity index (χ0n) is 25.7. The molecule has 0 amide bonds. The standard InChI is InChI=1S/C33H45F5N2O2S/c1-20-17-21(2)40-28(39-20)43-16-8-6-5-7-9-22-18-23-19-24(41)10-13-29(23,3)25-11-14-30(4)26(27(22)25)12-15-31(30,42)32(34,35)33(36,37)38/h17,19,22,25-27,42H,5-16,18H2,1-4H3/t22-,25+,26+,27-,29+,30+,31+/m1/s1. The first-order chi connectivity index (χ1) is 20.0. The van der Waals surface area contributed by atoms with Gasteiger partial charge in [-0.3, -0.25) is 4.79 Å². The van der Waals surface area contributed by atoms with E-state index in [4.69, 9.17) is 0 Å². The summed E-state index contributed by atoms with van der Waals surface area (Å²) in [4.78, 5) is 21.4. The monoisotopic (exact) mass is 628 g/mol. The molecule has 3 fully saturated rings. The van der Waals surface area contributed by atoms with Gasteiger partial charge in [-0.05, 0) is 106 Å². The number of alkyl halides is 5. The van der Waals surface area contributed by atoms with Gasteiger partial charge >= 0.3 is 12.1 Å². The lowest BCUT2D eigenvalue weighted by Crippen LogP contribution is -2.66.